The molecule has 1 aliphatic heterocycles. The molecule has 0 spiro atoms. The number of benzene rings is 2. The van der Waals surface area contributed by atoms with Crippen LogP contribution in [0.4, 0.5) is 18.9 Å². The van der Waals surface area contributed by atoms with Crippen LogP contribution in [0, 0.1) is 5.92 Å². The molecule has 2 N–H and O–H groups in total. The topological polar surface area (TPSA) is 61.4 Å². The number of piperidine rings is 1. The van der Waals surface area contributed by atoms with Gasteiger partial charge < -0.3 is 10.6 Å². The molecule has 0 saturated carbocycles. The molecule has 0 aliphatic carbocycles. The summed E-state index contributed by atoms with van der Waals surface area (Å²) in [5.74, 6) is -1.81. The van der Waals surface area contributed by atoms with E-state index in [0.717, 1.165) is 44.6 Å². The summed E-state index contributed by atoms with van der Waals surface area (Å²) in [6.07, 6.45) is -0.809. The summed E-state index contributed by atoms with van der Waals surface area (Å²) < 4.78 is 39.1. The first-order valence-corrected chi connectivity index (χ1v) is 11.6. The van der Waals surface area contributed by atoms with Crippen LogP contribution in [0.5, 0.6) is 0 Å². The van der Waals surface area contributed by atoms with Crippen LogP contribution in [-0.4, -0.2) is 42.6 Å². The third-order valence-corrected chi connectivity index (χ3v) is 6.37. The number of rotatable bonds is 6. The number of hydrogen-bond donors (Lipinski definition) is 2. The van der Waals surface area contributed by atoms with Gasteiger partial charge in [0.25, 0.3) is 0 Å². The second-order valence-corrected chi connectivity index (χ2v) is 8.59. The Balaban J connectivity index is 1.45. The lowest BCUT2D eigenvalue weighted by atomic mass is 9.96. The smallest absolute Gasteiger partial charge is 0.348 e. The lowest BCUT2D eigenvalue weighted by Gasteiger charge is -2.32. The van der Waals surface area contributed by atoms with E-state index in [1.807, 2.05) is 12.1 Å². The van der Waals surface area contributed by atoms with Crippen LogP contribution in [0.25, 0.3) is 0 Å². The Morgan fingerprint density at radius 2 is 1.69 bits per heavy atom. The quantitative estimate of drug-likeness (QED) is 0.491. The number of halogens is 3. The predicted molar refractivity (Wildman–Crippen MR) is 119 cm³/mol. The fraction of sp³-hybridized carbons (Fsp3) is 0.391. The van der Waals surface area contributed by atoms with Crippen LogP contribution in [0.3, 0.4) is 0 Å². The lowest BCUT2D eigenvalue weighted by molar-refractivity contribution is -0.138. The highest BCUT2D eigenvalue weighted by Crippen LogP contribution is 2.34. The molecule has 172 valence electrons. The first-order chi connectivity index (χ1) is 15.3. The molecule has 1 saturated heterocycles. The molecular formula is C23H26F3N3O2S. The van der Waals surface area contributed by atoms with Gasteiger partial charge in [0.05, 0.1) is 11.3 Å². The molecule has 1 aliphatic rings. The summed E-state index contributed by atoms with van der Waals surface area (Å²) in [5.41, 5.74) is -0.127. The van der Waals surface area contributed by atoms with E-state index >= 15 is 0 Å². The standard InChI is InChI=1S/C23H26F3N3O2S/c1-32-20-9-5-2-6-17(20)15-29-12-10-16(11-13-29)14-27-21(30)22(31)28-19-8-4-3-7-18(19)23(24,25)26/h2-9,16H,10-15H2,1H3,(H,27,30)(H,28,31). The number of nitrogens with one attached hydrogen (secondary N) is 2. The molecule has 0 aromatic heterocycles. The Bertz CT molecular complexity index is 944. The first kappa shape index (κ1) is 24.1. The van der Waals surface area contributed by atoms with Gasteiger partial charge in [0.2, 0.25) is 0 Å². The summed E-state index contributed by atoms with van der Waals surface area (Å²) in [5, 5.41) is 4.63. The van der Waals surface area contributed by atoms with E-state index in [1.165, 1.54) is 22.6 Å². The van der Waals surface area contributed by atoms with Crippen molar-refractivity contribution >= 4 is 29.3 Å². The van der Waals surface area contributed by atoms with E-state index < -0.39 is 29.2 Å². The zero-order valence-corrected chi connectivity index (χ0v) is 18.6. The monoisotopic (exact) mass is 465 g/mol. The number of alkyl halides is 3. The van der Waals surface area contributed by atoms with Gasteiger partial charge in [-0.3, -0.25) is 14.5 Å². The molecule has 0 bridgehead atoms. The second kappa shape index (κ2) is 10.9. The van der Waals surface area contributed by atoms with Gasteiger partial charge in [-0.1, -0.05) is 30.3 Å². The Kier molecular flexibility index (Phi) is 8.20. The number of carbonyl (C=O) groups is 2. The van der Waals surface area contributed by atoms with Crippen molar-refractivity contribution < 1.29 is 22.8 Å². The number of anilines is 1. The number of thioether (sulfide) groups is 1. The summed E-state index contributed by atoms with van der Waals surface area (Å²) in [6.45, 7) is 2.96. The van der Waals surface area contributed by atoms with Gasteiger partial charge in [-0.2, -0.15) is 13.2 Å². The van der Waals surface area contributed by atoms with Gasteiger partial charge in [0, 0.05) is 18.0 Å². The molecule has 1 fully saturated rings. The molecule has 2 aromatic carbocycles. The number of nitrogens with zero attached hydrogens (tertiary/aromatic N) is 1. The highest BCUT2D eigenvalue weighted by molar-refractivity contribution is 7.98. The minimum Gasteiger partial charge on any atom is -0.348 e. The van der Waals surface area contributed by atoms with Crippen LogP contribution in [-0.2, 0) is 22.3 Å². The Labute approximate surface area is 189 Å². The van der Waals surface area contributed by atoms with Crippen molar-refractivity contribution in [2.75, 3.05) is 31.2 Å². The fourth-order valence-corrected chi connectivity index (χ4v) is 4.37. The average Bonchev–Trinajstić information content (AvgIpc) is 2.78. The maximum atomic E-state index is 13.0. The van der Waals surface area contributed by atoms with E-state index in [2.05, 4.69) is 33.9 Å². The third kappa shape index (κ3) is 6.49. The Morgan fingerprint density at radius 1 is 1.03 bits per heavy atom. The van der Waals surface area contributed by atoms with E-state index in [4.69, 9.17) is 0 Å². The molecule has 1 heterocycles. The molecule has 2 aromatic rings. The zero-order chi connectivity index (χ0) is 23.1. The average molecular weight is 466 g/mol. The van der Waals surface area contributed by atoms with Crippen molar-refractivity contribution in [1.82, 2.24) is 10.2 Å². The number of amides is 2. The molecule has 2 amide bonds. The van der Waals surface area contributed by atoms with Crippen molar-refractivity contribution in [3.05, 3.63) is 59.7 Å². The van der Waals surface area contributed by atoms with Crippen LogP contribution in [0.2, 0.25) is 0 Å². The van der Waals surface area contributed by atoms with E-state index in [0.29, 0.717) is 6.54 Å². The fourth-order valence-electron chi connectivity index (χ4n) is 3.76. The van der Waals surface area contributed by atoms with E-state index in [9.17, 15) is 22.8 Å². The van der Waals surface area contributed by atoms with Crippen LogP contribution < -0.4 is 10.6 Å². The predicted octanol–water partition coefficient (Wildman–Crippen LogP) is 4.39. The number of carbonyl (C=O) groups excluding carboxylic acids is 2. The van der Waals surface area contributed by atoms with Crippen molar-refractivity contribution in [2.24, 2.45) is 5.92 Å². The van der Waals surface area contributed by atoms with Gasteiger partial charge in [0.1, 0.15) is 0 Å². The molecule has 9 heteroatoms. The van der Waals surface area contributed by atoms with Crippen molar-refractivity contribution in [2.45, 2.75) is 30.5 Å². The van der Waals surface area contributed by atoms with Gasteiger partial charge >= 0.3 is 18.0 Å². The maximum Gasteiger partial charge on any atom is 0.418 e. The highest BCUT2D eigenvalue weighted by atomic mass is 32.2. The third-order valence-electron chi connectivity index (χ3n) is 5.53. The normalized spacial score (nSPS) is 15.4. The number of para-hydroxylation sites is 1. The SMILES string of the molecule is CSc1ccccc1CN1CCC(CNC(=O)C(=O)Nc2ccccc2C(F)(F)F)CC1. The van der Waals surface area contributed by atoms with Crippen LogP contribution in [0.1, 0.15) is 24.0 Å². The molecule has 0 unspecified atom stereocenters. The summed E-state index contributed by atoms with van der Waals surface area (Å²) in [6, 6.07) is 12.9. The van der Waals surface area contributed by atoms with Gasteiger partial charge in [-0.05, 0) is 61.9 Å². The first-order valence-electron chi connectivity index (χ1n) is 10.4. The lowest BCUT2D eigenvalue weighted by Crippen LogP contribution is -2.41. The van der Waals surface area contributed by atoms with Gasteiger partial charge in [0.15, 0.2) is 0 Å². The molecule has 3 rings (SSSR count). The second-order valence-electron chi connectivity index (χ2n) is 7.74. The molecule has 5 nitrogen and oxygen atoms in total. The van der Waals surface area contributed by atoms with E-state index in [1.54, 1.807) is 11.8 Å². The highest BCUT2D eigenvalue weighted by Gasteiger charge is 2.34. The summed E-state index contributed by atoms with van der Waals surface area (Å²) >= 11 is 1.73. The number of likely N-dealkylation sites (tertiary alicyclic amines) is 1. The van der Waals surface area contributed by atoms with Crippen LogP contribution in [0.15, 0.2) is 53.4 Å². The van der Waals surface area contributed by atoms with E-state index in [-0.39, 0.29) is 5.92 Å². The zero-order valence-electron chi connectivity index (χ0n) is 17.7. The molecule has 32 heavy (non-hydrogen) atoms. The van der Waals surface area contributed by atoms with Crippen molar-refractivity contribution in [1.29, 1.82) is 0 Å². The Hall–Kier alpha value is -2.52. The maximum absolute atomic E-state index is 13.0. The molecular weight excluding hydrogens is 439 g/mol. The molecule has 0 atom stereocenters. The largest absolute Gasteiger partial charge is 0.418 e. The summed E-state index contributed by atoms with van der Waals surface area (Å²) in [7, 11) is 0. The minimum atomic E-state index is -4.62. The van der Waals surface area contributed by atoms with Crippen molar-refractivity contribution in [3.63, 3.8) is 0 Å². The van der Waals surface area contributed by atoms with Crippen molar-refractivity contribution in [3.8, 4) is 0 Å². The van der Waals surface area contributed by atoms with Crippen LogP contribution >= 0.6 is 11.8 Å². The molecule has 0 radical (unpaired) electrons. The van der Waals surface area contributed by atoms with Gasteiger partial charge in [-0.15, -0.1) is 11.8 Å². The summed E-state index contributed by atoms with van der Waals surface area (Å²) in [4.78, 5) is 27.8. The number of hydrogen-bond acceptors (Lipinski definition) is 4. The minimum absolute atomic E-state index is 0.223. The van der Waals surface area contributed by atoms with Gasteiger partial charge in [-0.25, -0.2) is 0 Å². The Morgan fingerprint density at radius 3 is 2.38 bits per heavy atom.